The maximum Gasteiger partial charge on any atom is 0.0719 e. The van der Waals surface area contributed by atoms with E-state index in [1.165, 1.54) is 22.3 Å². The molecule has 1 aliphatic rings. The molecular formula is C11H13N3. The Morgan fingerprint density at radius 2 is 2.36 bits per heavy atom. The first kappa shape index (κ1) is 7.88. The zero-order chi connectivity index (χ0) is 9.54. The van der Waals surface area contributed by atoms with Crippen molar-refractivity contribution in [2.75, 3.05) is 11.9 Å². The summed E-state index contributed by atoms with van der Waals surface area (Å²) in [5, 5.41) is 4.69. The number of anilines is 1. The van der Waals surface area contributed by atoms with E-state index < -0.39 is 0 Å². The summed E-state index contributed by atoms with van der Waals surface area (Å²) in [6.07, 6.45) is 0. The number of nitrogens with zero attached hydrogens (tertiary/aromatic N) is 1. The van der Waals surface area contributed by atoms with E-state index in [1.807, 2.05) is 0 Å². The molecule has 3 rings (SSSR count). The van der Waals surface area contributed by atoms with Gasteiger partial charge in [-0.15, -0.1) is 0 Å². The normalized spacial score (nSPS) is 14.4. The van der Waals surface area contributed by atoms with Crippen LogP contribution in [0.15, 0.2) is 24.3 Å². The number of hydrogen-bond acceptors (Lipinski definition) is 2. The smallest absolute Gasteiger partial charge is 0.0719 e. The predicted octanol–water partition coefficient (Wildman–Crippen LogP) is 1.53. The van der Waals surface area contributed by atoms with E-state index in [0.717, 1.165) is 13.1 Å². The van der Waals surface area contributed by atoms with Crippen LogP contribution in [0.3, 0.4) is 0 Å². The minimum Gasteiger partial charge on any atom is -0.382 e. The third-order valence-electron chi connectivity index (χ3n) is 2.87. The van der Waals surface area contributed by atoms with E-state index in [9.17, 15) is 0 Å². The first-order chi connectivity index (χ1) is 6.90. The second-order valence-electron chi connectivity index (χ2n) is 3.66. The minimum atomic E-state index is 0.619. The SMILES string of the molecule is NCc1cc2cccc3c2n1CCN3. The lowest BCUT2D eigenvalue weighted by Crippen LogP contribution is -2.19. The van der Waals surface area contributed by atoms with Crippen molar-refractivity contribution in [1.82, 2.24) is 4.57 Å². The number of rotatable bonds is 1. The van der Waals surface area contributed by atoms with Crippen molar-refractivity contribution >= 4 is 16.6 Å². The highest BCUT2D eigenvalue weighted by molar-refractivity contribution is 5.93. The topological polar surface area (TPSA) is 43.0 Å². The van der Waals surface area contributed by atoms with Crippen LogP contribution in [0.5, 0.6) is 0 Å². The van der Waals surface area contributed by atoms with Crippen LogP contribution < -0.4 is 11.1 Å². The fraction of sp³-hybridized carbons (Fsp3) is 0.273. The van der Waals surface area contributed by atoms with Gasteiger partial charge < -0.3 is 15.6 Å². The molecule has 1 aromatic heterocycles. The van der Waals surface area contributed by atoms with Crippen molar-refractivity contribution in [3.63, 3.8) is 0 Å². The molecule has 0 bridgehead atoms. The fourth-order valence-electron chi connectivity index (χ4n) is 2.25. The second kappa shape index (κ2) is 2.75. The van der Waals surface area contributed by atoms with E-state index in [1.54, 1.807) is 0 Å². The van der Waals surface area contributed by atoms with Crippen LogP contribution in [0, 0.1) is 0 Å². The highest BCUT2D eigenvalue weighted by Gasteiger charge is 2.14. The van der Waals surface area contributed by atoms with Crippen LogP contribution in [0.2, 0.25) is 0 Å². The zero-order valence-corrected chi connectivity index (χ0v) is 7.96. The molecular weight excluding hydrogens is 174 g/mol. The van der Waals surface area contributed by atoms with Gasteiger partial charge in [-0.1, -0.05) is 12.1 Å². The molecule has 0 unspecified atom stereocenters. The lowest BCUT2D eigenvalue weighted by atomic mass is 10.2. The highest BCUT2D eigenvalue weighted by atomic mass is 15.1. The Morgan fingerprint density at radius 1 is 1.43 bits per heavy atom. The van der Waals surface area contributed by atoms with Crippen molar-refractivity contribution in [2.45, 2.75) is 13.1 Å². The van der Waals surface area contributed by atoms with Gasteiger partial charge in [0.25, 0.3) is 0 Å². The van der Waals surface area contributed by atoms with Crippen LogP contribution >= 0.6 is 0 Å². The first-order valence-corrected chi connectivity index (χ1v) is 4.95. The summed E-state index contributed by atoms with van der Waals surface area (Å²) in [4.78, 5) is 0. The molecule has 1 aromatic carbocycles. The van der Waals surface area contributed by atoms with E-state index in [-0.39, 0.29) is 0 Å². The van der Waals surface area contributed by atoms with Crippen LogP contribution in [0.25, 0.3) is 10.9 Å². The lowest BCUT2D eigenvalue weighted by Gasteiger charge is -2.19. The van der Waals surface area contributed by atoms with Crippen LogP contribution in [-0.2, 0) is 13.1 Å². The Labute approximate surface area is 82.5 Å². The average molecular weight is 187 g/mol. The van der Waals surface area contributed by atoms with Gasteiger partial charge in [-0.25, -0.2) is 0 Å². The molecule has 14 heavy (non-hydrogen) atoms. The molecule has 1 aliphatic heterocycles. The molecule has 0 radical (unpaired) electrons. The van der Waals surface area contributed by atoms with Gasteiger partial charge in [-0.2, -0.15) is 0 Å². The van der Waals surface area contributed by atoms with Crippen LogP contribution in [-0.4, -0.2) is 11.1 Å². The van der Waals surface area contributed by atoms with Gasteiger partial charge >= 0.3 is 0 Å². The van der Waals surface area contributed by atoms with Crippen molar-refractivity contribution in [3.05, 3.63) is 30.0 Å². The summed E-state index contributed by atoms with van der Waals surface area (Å²) in [5.41, 5.74) is 9.49. The van der Waals surface area contributed by atoms with E-state index in [2.05, 4.69) is 34.1 Å². The first-order valence-electron chi connectivity index (χ1n) is 4.95. The van der Waals surface area contributed by atoms with Gasteiger partial charge in [0.15, 0.2) is 0 Å². The molecule has 0 aliphatic carbocycles. The van der Waals surface area contributed by atoms with E-state index in [0.29, 0.717) is 6.54 Å². The Hall–Kier alpha value is -1.48. The fourth-order valence-corrected chi connectivity index (χ4v) is 2.25. The van der Waals surface area contributed by atoms with Crippen LogP contribution in [0.4, 0.5) is 5.69 Å². The minimum absolute atomic E-state index is 0.619. The highest BCUT2D eigenvalue weighted by Crippen LogP contribution is 2.29. The van der Waals surface area contributed by atoms with Gasteiger partial charge in [0.2, 0.25) is 0 Å². The molecule has 2 heterocycles. The third kappa shape index (κ3) is 0.902. The molecule has 0 fully saturated rings. The number of nitrogens with two attached hydrogens (primary N) is 1. The zero-order valence-electron chi connectivity index (χ0n) is 7.96. The van der Waals surface area contributed by atoms with Gasteiger partial charge in [-0.05, 0) is 12.1 Å². The standard InChI is InChI=1S/C11H13N3/c12-7-9-6-8-2-1-3-10-11(8)14(9)5-4-13-10/h1-3,6,13H,4-5,7,12H2. The molecule has 0 saturated carbocycles. The van der Waals surface area contributed by atoms with Gasteiger partial charge in [0.05, 0.1) is 11.2 Å². The summed E-state index contributed by atoms with van der Waals surface area (Å²) in [5.74, 6) is 0. The van der Waals surface area contributed by atoms with Gasteiger partial charge in [0.1, 0.15) is 0 Å². The van der Waals surface area contributed by atoms with Crippen molar-refractivity contribution in [3.8, 4) is 0 Å². The monoisotopic (exact) mass is 187 g/mol. The second-order valence-corrected chi connectivity index (χ2v) is 3.66. The van der Waals surface area contributed by atoms with E-state index >= 15 is 0 Å². The van der Waals surface area contributed by atoms with Crippen molar-refractivity contribution < 1.29 is 0 Å². The van der Waals surface area contributed by atoms with E-state index in [4.69, 9.17) is 5.73 Å². The molecule has 3 N–H and O–H groups in total. The Morgan fingerprint density at radius 3 is 3.21 bits per heavy atom. The maximum absolute atomic E-state index is 5.72. The molecule has 3 nitrogen and oxygen atoms in total. The summed E-state index contributed by atoms with van der Waals surface area (Å²) in [6.45, 7) is 2.63. The summed E-state index contributed by atoms with van der Waals surface area (Å²) in [7, 11) is 0. The van der Waals surface area contributed by atoms with Crippen LogP contribution in [0.1, 0.15) is 5.69 Å². The molecule has 0 atom stereocenters. The summed E-state index contributed by atoms with van der Waals surface area (Å²) in [6, 6.07) is 8.53. The van der Waals surface area contributed by atoms with Gasteiger partial charge in [-0.3, -0.25) is 0 Å². The molecule has 0 amide bonds. The quantitative estimate of drug-likeness (QED) is 0.711. The van der Waals surface area contributed by atoms with Crippen molar-refractivity contribution in [2.24, 2.45) is 5.73 Å². The molecule has 0 spiro atoms. The van der Waals surface area contributed by atoms with Crippen molar-refractivity contribution in [1.29, 1.82) is 0 Å². The summed E-state index contributed by atoms with van der Waals surface area (Å²) >= 11 is 0. The third-order valence-corrected chi connectivity index (χ3v) is 2.87. The number of aromatic nitrogens is 1. The predicted molar refractivity (Wildman–Crippen MR) is 58.3 cm³/mol. The lowest BCUT2D eigenvalue weighted by molar-refractivity contribution is 0.698. The number of benzene rings is 1. The molecule has 3 heteroatoms. The summed E-state index contributed by atoms with van der Waals surface area (Å²) < 4.78 is 2.32. The Bertz CT molecular complexity index is 484. The van der Waals surface area contributed by atoms with Gasteiger partial charge in [0, 0.05) is 30.7 Å². The largest absolute Gasteiger partial charge is 0.382 e. The Kier molecular flexibility index (Phi) is 1.55. The number of hydrogen-bond donors (Lipinski definition) is 2. The number of para-hydroxylation sites is 1. The average Bonchev–Trinajstić information content (AvgIpc) is 2.60. The molecule has 2 aromatic rings. The molecule has 0 saturated heterocycles. The Balaban J connectivity index is 2.42. The molecule has 72 valence electrons. The maximum atomic E-state index is 5.72. The number of nitrogens with one attached hydrogen (secondary N) is 1.